The van der Waals surface area contributed by atoms with Crippen molar-refractivity contribution >= 4 is 11.1 Å². The van der Waals surface area contributed by atoms with E-state index in [2.05, 4.69) is 5.10 Å². The van der Waals surface area contributed by atoms with Crippen molar-refractivity contribution in [3.8, 4) is 0 Å². The summed E-state index contributed by atoms with van der Waals surface area (Å²) in [5.74, 6) is 0.896. The second-order valence-electron chi connectivity index (χ2n) is 2.85. The highest BCUT2D eigenvalue weighted by molar-refractivity contribution is 5.76. The largest absolute Gasteiger partial charge is 0.458 e. The lowest BCUT2D eigenvalue weighted by molar-refractivity contribution is 0.573. The zero-order chi connectivity index (χ0) is 8.72. The van der Waals surface area contributed by atoms with Gasteiger partial charge in [-0.3, -0.25) is 4.68 Å². The molecule has 4 heteroatoms. The third-order valence-corrected chi connectivity index (χ3v) is 1.91. The molecule has 64 valence electrons. The minimum absolute atomic E-state index is 0.421. The zero-order valence-electron chi connectivity index (χ0n) is 7.16. The molecule has 2 heterocycles. The van der Waals surface area contributed by atoms with Crippen LogP contribution in [0.3, 0.4) is 0 Å². The van der Waals surface area contributed by atoms with E-state index in [1.54, 1.807) is 4.68 Å². The summed E-state index contributed by atoms with van der Waals surface area (Å²) >= 11 is 0. The molecule has 0 aliphatic carbocycles. The van der Waals surface area contributed by atoms with Crippen LogP contribution in [-0.2, 0) is 13.6 Å². The second kappa shape index (κ2) is 2.35. The fourth-order valence-corrected chi connectivity index (χ4v) is 1.36. The molecule has 2 N–H and O–H groups in total. The van der Waals surface area contributed by atoms with Crippen LogP contribution >= 0.6 is 0 Å². The monoisotopic (exact) mass is 165 g/mol. The number of nitrogens with zero attached hydrogens (tertiary/aromatic N) is 2. The molecule has 2 aromatic rings. The number of hydrogen-bond donors (Lipinski definition) is 1. The van der Waals surface area contributed by atoms with Gasteiger partial charge >= 0.3 is 0 Å². The lowest BCUT2D eigenvalue weighted by atomic mass is 10.4. The molecule has 0 saturated carbocycles. The van der Waals surface area contributed by atoms with E-state index in [4.69, 9.17) is 10.2 Å². The van der Waals surface area contributed by atoms with Gasteiger partial charge in [0.1, 0.15) is 17.0 Å². The predicted octanol–water partition coefficient (Wildman–Crippen LogP) is 0.933. The van der Waals surface area contributed by atoms with Crippen LogP contribution in [0.2, 0.25) is 0 Å². The van der Waals surface area contributed by atoms with Crippen LogP contribution in [0.1, 0.15) is 11.5 Å². The average Bonchev–Trinajstić information content (AvgIpc) is 2.52. The van der Waals surface area contributed by atoms with Crippen LogP contribution in [0.15, 0.2) is 10.5 Å². The Morgan fingerprint density at radius 1 is 1.67 bits per heavy atom. The summed E-state index contributed by atoms with van der Waals surface area (Å²) in [6, 6.07) is 1.96. The van der Waals surface area contributed by atoms with Gasteiger partial charge in [0, 0.05) is 19.7 Å². The quantitative estimate of drug-likeness (QED) is 0.684. The molecule has 0 aliphatic heterocycles. The van der Waals surface area contributed by atoms with Crippen LogP contribution in [0.4, 0.5) is 0 Å². The Labute approximate surface area is 69.9 Å². The van der Waals surface area contributed by atoms with E-state index in [1.807, 2.05) is 20.0 Å². The van der Waals surface area contributed by atoms with Gasteiger partial charge in [-0.1, -0.05) is 0 Å². The normalized spacial score (nSPS) is 11.2. The molecule has 2 rings (SSSR count). The van der Waals surface area contributed by atoms with E-state index in [0.29, 0.717) is 6.54 Å². The van der Waals surface area contributed by atoms with Gasteiger partial charge in [-0.15, -0.1) is 0 Å². The van der Waals surface area contributed by atoms with Gasteiger partial charge in [0.25, 0.3) is 0 Å². The number of fused-ring (bicyclic) bond motifs is 1. The van der Waals surface area contributed by atoms with E-state index in [0.717, 1.165) is 22.6 Å². The number of aromatic nitrogens is 2. The highest BCUT2D eigenvalue weighted by Gasteiger charge is 2.11. The summed E-state index contributed by atoms with van der Waals surface area (Å²) in [4.78, 5) is 0. The standard InChI is InChI=1S/C8H11N3O/c1-5-3-7-8(12-5)6(4-9)10-11(7)2/h3H,4,9H2,1-2H3. The Bertz CT molecular complexity index is 413. The summed E-state index contributed by atoms with van der Waals surface area (Å²) in [5.41, 5.74) is 8.15. The number of hydrogen-bond acceptors (Lipinski definition) is 3. The number of aryl methyl sites for hydroxylation is 2. The van der Waals surface area contributed by atoms with Crippen molar-refractivity contribution in [3.63, 3.8) is 0 Å². The molecule has 0 aromatic carbocycles. The minimum Gasteiger partial charge on any atom is -0.458 e. The van der Waals surface area contributed by atoms with Gasteiger partial charge in [0.05, 0.1) is 0 Å². The fourth-order valence-electron chi connectivity index (χ4n) is 1.36. The molecule has 0 spiro atoms. The smallest absolute Gasteiger partial charge is 0.176 e. The molecule has 0 saturated heterocycles. The minimum atomic E-state index is 0.421. The number of rotatable bonds is 1. The lowest BCUT2D eigenvalue weighted by Crippen LogP contribution is -1.99. The summed E-state index contributed by atoms with van der Waals surface area (Å²) in [6.45, 7) is 2.34. The van der Waals surface area contributed by atoms with Crippen LogP contribution in [0, 0.1) is 6.92 Å². The lowest BCUT2D eigenvalue weighted by Gasteiger charge is -1.87. The van der Waals surface area contributed by atoms with Crippen molar-refractivity contribution in [3.05, 3.63) is 17.5 Å². The molecular weight excluding hydrogens is 154 g/mol. The number of nitrogens with two attached hydrogens (primary N) is 1. The van der Waals surface area contributed by atoms with Gasteiger partial charge in [-0.2, -0.15) is 5.10 Å². The molecule has 2 aromatic heterocycles. The topological polar surface area (TPSA) is 57.0 Å². The Balaban J connectivity index is 2.79. The van der Waals surface area contributed by atoms with Crippen molar-refractivity contribution in [2.75, 3.05) is 0 Å². The van der Waals surface area contributed by atoms with Crippen molar-refractivity contribution in [1.82, 2.24) is 9.78 Å². The van der Waals surface area contributed by atoms with Crippen LogP contribution in [0.25, 0.3) is 11.1 Å². The first kappa shape index (κ1) is 7.36. The van der Waals surface area contributed by atoms with E-state index < -0.39 is 0 Å². The molecule has 0 aliphatic rings. The molecule has 4 nitrogen and oxygen atoms in total. The first-order valence-electron chi connectivity index (χ1n) is 3.84. The maximum atomic E-state index is 5.50. The second-order valence-corrected chi connectivity index (χ2v) is 2.85. The van der Waals surface area contributed by atoms with Crippen LogP contribution < -0.4 is 5.73 Å². The summed E-state index contributed by atoms with van der Waals surface area (Å²) < 4.78 is 7.23. The van der Waals surface area contributed by atoms with Crippen LogP contribution in [-0.4, -0.2) is 9.78 Å². The molecule has 12 heavy (non-hydrogen) atoms. The van der Waals surface area contributed by atoms with Gasteiger partial charge in [0.2, 0.25) is 0 Å². The maximum Gasteiger partial charge on any atom is 0.176 e. The predicted molar refractivity (Wildman–Crippen MR) is 45.6 cm³/mol. The molecule has 0 atom stereocenters. The highest BCUT2D eigenvalue weighted by atomic mass is 16.3. The highest BCUT2D eigenvalue weighted by Crippen LogP contribution is 2.21. The summed E-state index contributed by atoms with van der Waals surface area (Å²) in [7, 11) is 1.89. The summed E-state index contributed by atoms with van der Waals surface area (Å²) in [6.07, 6.45) is 0. The van der Waals surface area contributed by atoms with Gasteiger partial charge in [-0.25, -0.2) is 0 Å². The summed E-state index contributed by atoms with van der Waals surface area (Å²) in [5, 5.41) is 4.21. The zero-order valence-corrected chi connectivity index (χ0v) is 7.16. The van der Waals surface area contributed by atoms with E-state index in [-0.39, 0.29) is 0 Å². The van der Waals surface area contributed by atoms with Crippen molar-refractivity contribution < 1.29 is 4.42 Å². The molecule has 0 unspecified atom stereocenters. The van der Waals surface area contributed by atoms with E-state index >= 15 is 0 Å². The van der Waals surface area contributed by atoms with E-state index in [1.165, 1.54) is 0 Å². The Morgan fingerprint density at radius 2 is 2.42 bits per heavy atom. The molecular formula is C8H11N3O. The SMILES string of the molecule is Cc1cc2c(o1)c(CN)nn2C. The third-order valence-electron chi connectivity index (χ3n) is 1.91. The van der Waals surface area contributed by atoms with Gasteiger partial charge in [-0.05, 0) is 6.92 Å². The Hall–Kier alpha value is -1.29. The molecule has 0 amide bonds. The first-order chi connectivity index (χ1) is 5.72. The number of furan rings is 1. The molecule has 0 radical (unpaired) electrons. The molecule has 0 fully saturated rings. The maximum absolute atomic E-state index is 5.50. The average molecular weight is 165 g/mol. The Morgan fingerprint density at radius 3 is 3.08 bits per heavy atom. The van der Waals surface area contributed by atoms with Crippen molar-refractivity contribution in [2.24, 2.45) is 12.8 Å². The molecule has 0 bridgehead atoms. The van der Waals surface area contributed by atoms with Gasteiger partial charge < -0.3 is 10.2 Å². The van der Waals surface area contributed by atoms with Gasteiger partial charge in [0.15, 0.2) is 5.58 Å². The first-order valence-corrected chi connectivity index (χ1v) is 3.84. The fraction of sp³-hybridized carbons (Fsp3) is 0.375. The Kier molecular flexibility index (Phi) is 1.44. The van der Waals surface area contributed by atoms with Crippen molar-refractivity contribution in [2.45, 2.75) is 13.5 Å². The van der Waals surface area contributed by atoms with Crippen molar-refractivity contribution in [1.29, 1.82) is 0 Å². The third kappa shape index (κ3) is 0.848. The van der Waals surface area contributed by atoms with E-state index in [9.17, 15) is 0 Å². The van der Waals surface area contributed by atoms with Crippen LogP contribution in [0.5, 0.6) is 0 Å².